The first-order valence-corrected chi connectivity index (χ1v) is 7.72. The van der Waals surface area contributed by atoms with Gasteiger partial charge in [0.15, 0.2) is 0 Å². The van der Waals surface area contributed by atoms with Gasteiger partial charge in [-0.15, -0.1) is 11.3 Å². The van der Waals surface area contributed by atoms with Gasteiger partial charge in [0.25, 0.3) is 0 Å². The maximum absolute atomic E-state index is 6.12. The van der Waals surface area contributed by atoms with Crippen LogP contribution in [-0.2, 0) is 0 Å². The number of nitrogens with one attached hydrogen (secondary N) is 1. The maximum Gasteiger partial charge on any atom is 0.143 e. The summed E-state index contributed by atoms with van der Waals surface area (Å²) >= 11 is 1.66. The van der Waals surface area contributed by atoms with Gasteiger partial charge in [-0.1, -0.05) is 6.07 Å². The summed E-state index contributed by atoms with van der Waals surface area (Å²) in [6.07, 6.45) is 3.74. The summed E-state index contributed by atoms with van der Waals surface area (Å²) in [4.78, 5) is 17.4. The number of fused-ring (bicyclic) bond motifs is 1. The summed E-state index contributed by atoms with van der Waals surface area (Å²) < 4.78 is 0. The van der Waals surface area contributed by atoms with Crippen LogP contribution < -0.4 is 5.73 Å². The molecule has 6 heteroatoms. The minimum Gasteiger partial charge on any atom is -0.383 e. The second-order valence-corrected chi connectivity index (χ2v) is 5.88. The van der Waals surface area contributed by atoms with Crippen LogP contribution in [0.3, 0.4) is 0 Å². The Hall–Kier alpha value is -2.73. The van der Waals surface area contributed by atoms with Crippen molar-refractivity contribution in [2.75, 3.05) is 5.73 Å². The van der Waals surface area contributed by atoms with E-state index >= 15 is 0 Å². The average Bonchev–Trinajstić information content (AvgIpc) is 3.13. The molecule has 0 atom stereocenters. The zero-order valence-electron chi connectivity index (χ0n) is 11.9. The van der Waals surface area contributed by atoms with Gasteiger partial charge in [0.05, 0.1) is 11.1 Å². The molecule has 0 aliphatic carbocycles. The van der Waals surface area contributed by atoms with Crippen molar-refractivity contribution in [3.63, 3.8) is 0 Å². The highest BCUT2D eigenvalue weighted by molar-refractivity contribution is 7.14. The van der Waals surface area contributed by atoms with Crippen molar-refractivity contribution in [2.24, 2.45) is 0 Å². The molecule has 3 N–H and O–H groups in total. The van der Waals surface area contributed by atoms with E-state index in [0.29, 0.717) is 11.6 Å². The van der Waals surface area contributed by atoms with Crippen molar-refractivity contribution in [1.82, 2.24) is 19.9 Å². The second-order valence-electron chi connectivity index (χ2n) is 4.96. The number of pyridine rings is 1. The highest BCUT2D eigenvalue weighted by Crippen LogP contribution is 2.40. The van der Waals surface area contributed by atoms with E-state index in [1.165, 1.54) is 0 Å². The Balaban J connectivity index is 1.97. The molecule has 0 amide bonds. The summed E-state index contributed by atoms with van der Waals surface area (Å²) in [5, 5.41) is 2.92. The normalized spacial score (nSPS) is 11.1. The van der Waals surface area contributed by atoms with Crippen LogP contribution in [0.5, 0.6) is 0 Å². The van der Waals surface area contributed by atoms with Gasteiger partial charge in [0, 0.05) is 28.4 Å². The van der Waals surface area contributed by atoms with Crippen LogP contribution in [-0.4, -0.2) is 19.9 Å². The molecular formula is C16H13N5S. The number of nitrogens with zero attached hydrogens (tertiary/aromatic N) is 3. The van der Waals surface area contributed by atoms with E-state index < -0.39 is 0 Å². The van der Waals surface area contributed by atoms with Crippen LogP contribution in [0.4, 0.5) is 5.82 Å². The summed E-state index contributed by atoms with van der Waals surface area (Å²) in [6.45, 7) is 1.83. The van der Waals surface area contributed by atoms with Gasteiger partial charge >= 0.3 is 0 Å². The predicted molar refractivity (Wildman–Crippen MR) is 89.6 cm³/mol. The van der Waals surface area contributed by atoms with E-state index in [2.05, 4.69) is 31.4 Å². The van der Waals surface area contributed by atoms with Crippen LogP contribution in [0.1, 0.15) is 5.82 Å². The lowest BCUT2D eigenvalue weighted by atomic mass is 10.1. The lowest BCUT2D eigenvalue weighted by molar-refractivity contribution is 1.09. The zero-order chi connectivity index (χ0) is 15.1. The number of nitrogen functional groups attached to an aromatic ring is 1. The molecular weight excluding hydrogens is 294 g/mol. The molecule has 0 saturated carbocycles. The first-order valence-electron chi connectivity index (χ1n) is 6.84. The molecule has 108 valence electrons. The smallest absolute Gasteiger partial charge is 0.143 e. The molecule has 0 unspecified atom stereocenters. The Labute approximate surface area is 130 Å². The summed E-state index contributed by atoms with van der Waals surface area (Å²) in [5.41, 5.74) is 9.93. The minimum absolute atomic E-state index is 0.499. The van der Waals surface area contributed by atoms with Crippen LogP contribution in [0.15, 0.2) is 42.0 Å². The van der Waals surface area contributed by atoms with Crippen molar-refractivity contribution in [2.45, 2.75) is 6.92 Å². The van der Waals surface area contributed by atoms with Crippen molar-refractivity contribution in [3.8, 4) is 21.7 Å². The number of nitrogens with two attached hydrogens (primary N) is 1. The van der Waals surface area contributed by atoms with Crippen LogP contribution in [0, 0.1) is 6.92 Å². The molecule has 5 nitrogen and oxygen atoms in total. The van der Waals surface area contributed by atoms with Crippen molar-refractivity contribution >= 4 is 28.2 Å². The fraction of sp³-hybridized carbons (Fsp3) is 0.0625. The highest BCUT2D eigenvalue weighted by Gasteiger charge is 2.17. The maximum atomic E-state index is 6.12. The van der Waals surface area contributed by atoms with Gasteiger partial charge in [0.2, 0.25) is 0 Å². The fourth-order valence-corrected chi connectivity index (χ4v) is 3.53. The number of H-pyrrole nitrogens is 1. The van der Waals surface area contributed by atoms with Crippen LogP contribution >= 0.6 is 11.3 Å². The molecule has 4 aromatic rings. The molecule has 0 fully saturated rings. The van der Waals surface area contributed by atoms with Gasteiger partial charge in [-0.2, -0.15) is 0 Å². The molecule has 0 aromatic carbocycles. The molecule has 0 bridgehead atoms. The summed E-state index contributed by atoms with van der Waals surface area (Å²) in [6, 6.07) is 7.98. The topological polar surface area (TPSA) is 80.5 Å². The Morgan fingerprint density at radius 1 is 1.14 bits per heavy atom. The number of hydrogen-bond donors (Lipinski definition) is 2. The van der Waals surface area contributed by atoms with E-state index in [1.807, 2.05) is 31.3 Å². The molecule has 4 aromatic heterocycles. The molecule has 0 aliphatic heterocycles. The van der Waals surface area contributed by atoms with E-state index in [-0.39, 0.29) is 0 Å². The quantitative estimate of drug-likeness (QED) is 0.592. The SMILES string of the molecule is Cc1nc(N)c2c(-c3sccc3-c3ccccn3)c[nH]c2n1. The number of aryl methyl sites for hydroxylation is 1. The lowest BCUT2D eigenvalue weighted by Crippen LogP contribution is -1.96. The number of aromatic amines is 1. The Kier molecular flexibility index (Phi) is 2.90. The Morgan fingerprint density at radius 2 is 2.05 bits per heavy atom. The number of hydrogen-bond acceptors (Lipinski definition) is 5. The third kappa shape index (κ3) is 1.96. The van der Waals surface area contributed by atoms with Gasteiger partial charge in [-0.3, -0.25) is 4.98 Å². The Morgan fingerprint density at radius 3 is 2.86 bits per heavy atom. The fourth-order valence-electron chi connectivity index (χ4n) is 2.60. The first kappa shape index (κ1) is 13.0. The molecule has 0 spiro atoms. The van der Waals surface area contributed by atoms with Crippen molar-refractivity contribution in [3.05, 3.63) is 47.9 Å². The monoisotopic (exact) mass is 307 g/mol. The van der Waals surface area contributed by atoms with Crippen LogP contribution in [0.25, 0.3) is 32.7 Å². The third-order valence-electron chi connectivity index (χ3n) is 3.52. The number of anilines is 1. The third-order valence-corrected chi connectivity index (χ3v) is 4.47. The van der Waals surface area contributed by atoms with Crippen molar-refractivity contribution in [1.29, 1.82) is 0 Å². The number of aromatic nitrogens is 4. The van der Waals surface area contributed by atoms with Gasteiger partial charge in [-0.25, -0.2) is 9.97 Å². The van der Waals surface area contributed by atoms with Crippen LogP contribution in [0.2, 0.25) is 0 Å². The largest absolute Gasteiger partial charge is 0.383 e. The second kappa shape index (κ2) is 4.92. The van der Waals surface area contributed by atoms with E-state index in [4.69, 9.17) is 5.73 Å². The molecule has 4 heterocycles. The number of rotatable bonds is 2. The molecule has 0 saturated heterocycles. The predicted octanol–water partition coefficient (Wildman–Crippen LogP) is 3.64. The minimum atomic E-state index is 0.499. The van der Waals surface area contributed by atoms with Gasteiger partial charge in [-0.05, 0) is 30.5 Å². The zero-order valence-corrected chi connectivity index (χ0v) is 12.7. The molecule has 22 heavy (non-hydrogen) atoms. The van der Waals surface area contributed by atoms with Gasteiger partial charge in [0.1, 0.15) is 17.3 Å². The molecule has 4 rings (SSSR count). The van der Waals surface area contributed by atoms with E-state index in [1.54, 1.807) is 17.5 Å². The van der Waals surface area contributed by atoms with Crippen molar-refractivity contribution < 1.29 is 0 Å². The van der Waals surface area contributed by atoms with Gasteiger partial charge < -0.3 is 10.7 Å². The summed E-state index contributed by atoms with van der Waals surface area (Å²) in [5.74, 6) is 1.16. The van der Waals surface area contributed by atoms with E-state index in [0.717, 1.165) is 32.7 Å². The Bertz CT molecular complexity index is 955. The van der Waals surface area contributed by atoms with E-state index in [9.17, 15) is 0 Å². The standard InChI is InChI=1S/C16H13N5S/c1-9-20-15(17)13-11(8-19-16(13)21-9)14-10(5-7-22-14)12-4-2-3-6-18-12/h2-8H,1H3,(H3,17,19,20,21). The first-order chi connectivity index (χ1) is 10.7. The lowest BCUT2D eigenvalue weighted by Gasteiger charge is -2.04. The average molecular weight is 307 g/mol. The molecule has 0 radical (unpaired) electrons. The summed E-state index contributed by atoms with van der Waals surface area (Å²) in [7, 11) is 0. The molecule has 0 aliphatic rings. The number of thiophene rings is 1. The highest BCUT2D eigenvalue weighted by atomic mass is 32.1.